The second kappa shape index (κ2) is 5.99. The summed E-state index contributed by atoms with van der Waals surface area (Å²) in [7, 11) is 0. The van der Waals surface area contributed by atoms with E-state index in [4.69, 9.17) is 10.3 Å². The minimum atomic E-state index is -3.76. The summed E-state index contributed by atoms with van der Waals surface area (Å²) in [5.41, 5.74) is 0. The van der Waals surface area contributed by atoms with Crippen LogP contribution in [0.1, 0.15) is 0 Å². The molecule has 0 aliphatic rings. The maximum atomic E-state index is 8.68. The number of hydrogen-bond acceptors (Lipinski definition) is 3. The molecule has 3 nitrogen and oxygen atoms in total. The van der Waals surface area contributed by atoms with E-state index in [0.717, 1.165) is 0 Å². The van der Waals surface area contributed by atoms with Crippen molar-refractivity contribution in [2.75, 3.05) is 0 Å². The van der Waals surface area contributed by atoms with Gasteiger partial charge in [0.2, 0.25) is 0 Å². The quantitative estimate of drug-likeness (QED) is 0.453. The Morgan fingerprint density at radius 2 is 1.40 bits per heavy atom. The Bertz CT molecular complexity index is 11.6. The zero-order valence-corrected chi connectivity index (χ0v) is 7.44. The van der Waals surface area contributed by atoms with E-state index in [0.29, 0.717) is 0 Å². The molecule has 0 aromatic carbocycles. The molecule has 0 fully saturated rings. The van der Waals surface area contributed by atoms with E-state index in [9.17, 15) is 0 Å². The van der Waals surface area contributed by atoms with Crippen LogP contribution in [-0.4, -0.2) is 3.44 Å². The molecule has 0 aliphatic carbocycles. The molecule has 0 aromatic rings. The smallest absolute Gasteiger partial charge is 0.396 e. The van der Waals surface area contributed by atoms with Crippen molar-refractivity contribution in [3.05, 3.63) is 0 Å². The summed E-state index contributed by atoms with van der Waals surface area (Å²) in [6, 6.07) is 0. The van der Waals surface area contributed by atoms with E-state index in [-0.39, 0.29) is 41.7 Å². The van der Waals surface area contributed by atoms with Crippen LogP contribution in [0.3, 0.4) is 0 Å². The largest absolute Gasteiger partial charge is 0.503 e. The van der Waals surface area contributed by atoms with E-state index >= 15 is 0 Å². The van der Waals surface area contributed by atoms with Crippen molar-refractivity contribution in [3.8, 4) is 0 Å². The van der Waals surface area contributed by atoms with Crippen molar-refractivity contribution in [1.82, 2.24) is 0 Å². The first-order valence-corrected chi connectivity index (χ1v) is 3.20. The molecule has 0 unspecified atom stereocenters. The summed E-state index contributed by atoms with van der Waals surface area (Å²) in [6.07, 6.45) is 0. The van der Waals surface area contributed by atoms with E-state index in [1.165, 1.54) is 0 Å². The molecule has 0 aromatic heterocycles. The summed E-state index contributed by atoms with van der Waals surface area (Å²) in [5.74, 6) is 0. The molecular weight excluding hydrogens is 315 g/mol. The molecule has 0 saturated carbocycles. The van der Waals surface area contributed by atoms with Crippen molar-refractivity contribution in [2.24, 2.45) is 0 Å². The summed E-state index contributed by atoms with van der Waals surface area (Å²) in [4.78, 5) is 0. The van der Waals surface area contributed by atoms with Crippen molar-refractivity contribution >= 4 is 0 Å². The second-order valence-corrected chi connectivity index (χ2v) is 1.35. The van der Waals surface area contributed by atoms with Crippen LogP contribution in [0.15, 0.2) is 0 Å². The van der Waals surface area contributed by atoms with Crippen LogP contribution in [0.4, 0.5) is 0 Å². The molecule has 0 amide bonds. The molecule has 30 valence electrons. The fourth-order valence-electron chi connectivity index (χ4n) is 0. The fourth-order valence-corrected chi connectivity index (χ4v) is 0. The van der Waals surface area contributed by atoms with Crippen LogP contribution in [0.25, 0.3) is 0 Å². The molecule has 5 heteroatoms. The third kappa shape index (κ3) is 24.1. The molecular formula is HCeIO3. The maximum Gasteiger partial charge on any atom is 0.503 e. The summed E-state index contributed by atoms with van der Waals surface area (Å²) >= 11 is -3.76. The van der Waals surface area contributed by atoms with Gasteiger partial charge in [-0.2, -0.15) is 0 Å². The topological polar surface area (TPSA) is 66.3 Å². The Morgan fingerprint density at radius 1 is 1.40 bits per heavy atom. The van der Waals surface area contributed by atoms with Gasteiger partial charge in [-0.25, -0.2) is 0 Å². The summed E-state index contributed by atoms with van der Waals surface area (Å²) in [5, 5.41) is 0. The molecule has 0 aliphatic heterocycles. The average Bonchev–Trinajstić information content (AvgIpc) is 0.811. The molecule has 5 heavy (non-hydrogen) atoms. The average molecular weight is 316 g/mol. The van der Waals surface area contributed by atoms with Crippen LogP contribution in [0.2, 0.25) is 0 Å². The number of hydrogen-bond donors (Lipinski definition) is 1. The molecule has 0 heterocycles. The molecule has 1 N–H and O–H groups in total. The van der Waals surface area contributed by atoms with E-state index < -0.39 is 21.1 Å². The summed E-state index contributed by atoms with van der Waals surface area (Å²) in [6.45, 7) is 0. The van der Waals surface area contributed by atoms with Crippen LogP contribution < -0.4 is 27.9 Å². The zero-order chi connectivity index (χ0) is 3.58. The molecule has 0 spiro atoms. The minimum absolute atomic E-state index is 0. The first kappa shape index (κ1) is 10.1. The first-order valence-electron chi connectivity index (χ1n) is 0.478. The van der Waals surface area contributed by atoms with Crippen molar-refractivity contribution in [1.29, 1.82) is 0 Å². The van der Waals surface area contributed by atoms with Crippen LogP contribution in [-0.2, 0) is 0 Å². The standard InChI is InChI=1S/Ce.HIO3/c;2-1(3)4/h;2H. The Kier molecular flexibility index (Phi) is 12.1. The Labute approximate surface area is 71.8 Å². The van der Waals surface area contributed by atoms with Crippen LogP contribution >= 0.6 is 0 Å². The Balaban J connectivity index is 0. The van der Waals surface area contributed by atoms with Crippen molar-refractivity contribution in [3.63, 3.8) is 0 Å². The van der Waals surface area contributed by atoms with Gasteiger partial charge >= 0.3 is 21.1 Å². The molecule has 0 radical (unpaired) electrons. The molecule has 0 atom stereocenters. The van der Waals surface area contributed by atoms with Gasteiger partial charge in [0.1, 0.15) is 0 Å². The van der Waals surface area contributed by atoms with E-state index in [1.807, 2.05) is 0 Å². The Hall–Kier alpha value is 1.99. The summed E-state index contributed by atoms with van der Waals surface area (Å²) < 4.78 is 24.5. The van der Waals surface area contributed by atoms with Crippen molar-refractivity contribution < 1.29 is 73.1 Å². The third-order valence-corrected chi connectivity index (χ3v) is 0. The SMILES string of the molecule is [Ce].[O-][I+2]([O-])O. The predicted molar refractivity (Wildman–Crippen MR) is 2.22 cm³/mol. The van der Waals surface area contributed by atoms with Crippen LogP contribution in [0.5, 0.6) is 0 Å². The van der Waals surface area contributed by atoms with Gasteiger partial charge in [-0.3, -0.25) is 0 Å². The van der Waals surface area contributed by atoms with Gasteiger partial charge in [-0.1, -0.05) is 0 Å². The first-order chi connectivity index (χ1) is 1.73. The zero-order valence-electron chi connectivity index (χ0n) is 2.14. The predicted octanol–water partition coefficient (Wildman–Crippen LogP) is -5.93. The Morgan fingerprint density at radius 3 is 1.40 bits per heavy atom. The monoisotopic (exact) mass is 316 g/mol. The number of halogens is 1. The van der Waals surface area contributed by atoms with Gasteiger partial charge in [-0.15, -0.1) is 0 Å². The second-order valence-electron chi connectivity index (χ2n) is 0.201. The third-order valence-electron chi connectivity index (χ3n) is 0. The van der Waals surface area contributed by atoms with Gasteiger partial charge in [0.15, 0.2) is 0 Å². The van der Waals surface area contributed by atoms with Gasteiger partial charge < -0.3 is 6.87 Å². The fraction of sp³-hybridized carbons (Fsp3) is 0. The van der Waals surface area contributed by atoms with Gasteiger partial charge in [0, 0.05) is 41.7 Å². The van der Waals surface area contributed by atoms with Gasteiger partial charge in [-0.05, 0) is 3.44 Å². The van der Waals surface area contributed by atoms with E-state index in [1.54, 1.807) is 0 Å². The number of rotatable bonds is 0. The maximum absolute atomic E-state index is 8.68. The van der Waals surface area contributed by atoms with Crippen LogP contribution in [0, 0.1) is 41.7 Å². The normalized spacial score (nSPS) is 7.20. The van der Waals surface area contributed by atoms with Crippen molar-refractivity contribution in [2.45, 2.75) is 0 Å². The minimum Gasteiger partial charge on any atom is -0.396 e. The molecule has 0 bridgehead atoms. The van der Waals surface area contributed by atoms with Gasteiger partial charge in [0.05, 0.1) is 0 Å². The molecule has 0 rings (SSSR count). The van der Waals surface area contributed by atoms with Gasteiger partial charge in [0.25, 0.3) is 0 Å². The van der Waals surface area contributed by atoms with E-state index in [2.05, 4.69) is 0 Å². The molecule has 0 saturated heterocycles.